The molecular formula is C36H38ClN3O6S. The van der Waals surface area contributed by atoms with E-state index in [1.165, 1.54) is 11.3 Å². The molecule has 11 heteroatoms. The predicted octanol–water partition coefficient (Wildman–Crippen LogP) is 5.75. The lowest BCUT2D eigenvalue weighted by molar-refractivity contribution is -0.127. The molecule has 3 aromatic carbocycles. The summed E-state index contributed by atoms with van der Waals surface area (Å²) in [5.74, 6) is 2.02. The van der Waals surface area contributed by atoms with Gasteiger partial charge in [0.05, 0.1) is 36.6 Å². The third-order valence-corrected chi connectivity index (χ3v) is 9.29. The Labute approximate surface area is 282 Å². The summed E-state index contributed by atoms with van der Waals surface area (Å²) < 4.78 is 25.3. The van der Waals surface area contributed by atoms with Crippen molar-refractivity contribution in [1.29, 1.82) is 0 Å². The number of carbonyl (C=O) groups is 1. The lowest BCUT2D eigenvalue weighted by Crippen LogP contribution is -2.43. The molecule has 0 fully saturated rings. The van der Waals surface area contributed by atoms with E-state index in [9.17, 15) is 9.59 Å². The highest BCUT2D eigenvalue weighted by Crippen LogP contribution is 2.38. The average molecular weight is 676 g/mol. The molecule has 0 saturated heterocycles. The number of hydrogen-bond donors (Lipinski definition) is 0. The summed E-state index contributed by atoms with van der Waals surface area (Å²) in [6.45, 7) is 9.29. The summed E-state index contributed by atoms with van der Waals surface area (Å²) in [7, 11) is 3.14. The number of hydrogen-bond acceptors (Lipinski definition) is 8. The molecule has 47 heavy (non-hydrogen) atoms. The number of allylic oxidation sites excluding steroid dienone is 1. The van der Waals surface area contributed by atoms with Gasteiger partial charge in [0, 0.05) is 29.2 Å². The van der Waals surface area contributed by atoms with Gasteiger partial charge in [-0.25, -0.2) is 4.99 Å². The van der Waals surface area contributed by atoms with Gasteiger partial charge in [-0.15, -0.1) is 0 Å². The highest BCUT2D eigenvalue weighted by Gasteiger charge is 2.36. The van der Waals surface area contributed by atoms with Crippen molar-refractivity contribution in [3.05, 3.63) is 113 Å². The molecule has 1 atom stereocenters. The van der Waals surface area contributed by atoms with Gasteiger partial charge in [-0.05, 0) is 75.7 Å². The van der Waals surface area contributed by atoms with Gasteiger partial charge in [0.15, 0.2) is 16.3 Å². The molecule has 4 aromatic rings. The molecular weight excluding hydrogens is 638 g/mol. The van der Waals surface area contributed by atoms with Crippen LogP contribution in [0, 0.1) is 0 Å². The van der Waals surface area contributed by atoms with Crippen LogP contribution in [-0.2, 0) is 11.4 Å². The van der Waals surface area contributed by atoms with Crippen LogP contribution >= 0.6 is 22.9 Å². The van der Waals surface area contributed by atoms with Crippen molar-refractivity contribution in [2.24, 2.45) is 4.99 Å². The Morgan fingerprint density at radius 1 is 0.979 bits per heavy atom. The topological polar surface area (TPSA) is 91.6 Å². The van der Waals surface area contributed by atoms with E-state index in [4.69, 9.17) is 35.5 Å². The van der Waals surface area contributed by atoms with Gasteiger partial charge in [-0.1, -0.05) is 47.2 Å². The number of nitrogens with zero attached hydrogens (tertiary/aromatic N) is 3. The second-order valence-corrected chi connectivity index (χ2v) is 12.1. The first-order valence-electron chi connectivity index (χ1n) is 15.4. The fourth-order valence-corrected chi connectivity index (χ4v) is 6.78. The Kier molecular flexibility index (Phi) is 10.7. The van der Waals surface area contributed by atoms with Gasteiger partial charge in [0.25, 0.3) is 11.5 Å². The number of benzene rings is 3. The van der Waals surface area contributed by atoms with E-state index in [0.717, 1.165) is 11.1 Å². The summed E-state index contributed by atoms with van der Waals surface area (Å²) >= 11 is 7.58. The first-order chi connectivity index (χ1) is 22.7. The molecule has 246 valence electrons. The molecule has 0 saturated carbocycles. The number of ether oxygens (including phenoxy) is 4. The Morgan fingerprint density at radius 2 is 1.72 bits per heavy atom. The maximum atomic E-state index is 14.3. The van der Waals surface area contributed by atoms with Crippen LogP contribution < -0.4 is 33.8 Å². The van der Waals surface area contributed by atoms with E-state index >= 15 is 0 Å². The maximum absolute atomic E-state index is 14.3. The Morgan fingerprint density at radius 3 is 2.40 bits per heavy atom. The smallest absolute Gasteiger partial charge is 0.271 e. The Balaban J connectivity index is 1.63. The average Bonchev–Trinajstić information content (AvgIpc) is 3.38. The molecule has 0 bridgehead atoms. The summed E-state index contributed by atoms with van der Waals surface area (Å²) in [6, 6.07) is 17.6. The number of carbonyl (C=O) groups excluding carboxylic acids is 1. The number of methoxy groups -OCH3 is 2. The van der Waals surface area contributed by atoms with E-state index in [0.29, 0.717) is 73.9 Å². The molecule has 2 heterocycles. The van der Waals surface area contributed by atoms with Gasteiger partial charge >= 0.3 is 0 Å². The SMILES string of the molecule is CCOc1cc(/C=c2/sc3n(c2=O)[C@@H](c2cc(OC)ccc2OC)C(C(=O)N(CC)CC)=C(C)N=3)ccc1OCc1ccccc1Cl. The first-order valence-corrected chi connectivity index (χ1v) is 16.6. The monoisotopic (exact) mass is 675 g/mol. The van der Waals surface area contributed by atoms with Crippen molar-refractivity contribution >= 4 is 34.9 Å². The van der Waals surface area contributed by atoms with E-state index in [-0.39, 0.29) is 18.1 Å². The zero-order chi connectivity index (χ0) is 33.7. The molecule has 1 aliphatic heterocycles. The molecule has 0 aliphatic carbocycles. The highest BCUT2D eigenvalue weighted by molar-refractivity contribution is 7.07. The van der Waals surface area contributed by atoms with Crippen molar-refractivity contribution < 1.29 is 23.7 Å². The second-order valence-electron chi connectivity index (χ2n) is 10.7. The molecule has 0 unspecified atom stereocenters. The van der Waals surface area contributed by atoms with Gasteiger partial charge in [0.1, 0.15) is 24.1 Å². The molecule has 5 rings (SSSR count). The van der Waals surface area contributed by atoms with Gasteiger partial charge in [0.2, 0.25) is 0 Å². The third kappa shape index (κ3) is 6.94. The van der Waals surface area contributed by atoms with Crippen LogP contribution in [0.1, 0.15) is 50.4 Å². The van der Waals surface area contributed by atoms with Gasteiger partial charge < -0.3 is 23.8 Å². The summed E-state index contributed by atoms with van der Waals surface area (Å²) in [5, 5.41) is 0.625. The van der Waals surface area contributed by atoms with Gasteiger partial charge in [-0.3, -0.25) is 14.2 Å². The van der Waals surface area contributed by atoms with E-state index in [2.05, 4.69) is 0 Å². The normalized spacial score (nSPS) is 14.4. The first kappa shape index (κ1) is 33.8. The number of amides is 1. The van der Waals surface area contributed by atoms with Crippen molar-refractivity contribution in [2.75, 3.05) is 33.9 Å². The number of rotatable bonds is 12. The molecule has 0 radical (unpaired) electrons. The number of likely N-dealkylation sites (N-methyl/N-ethyl adjacent to an activating group) is 1. The van der Waals surface area contributed by atoms with Crippen LogP contribution in [0.3, 0.4) is 0 Å². The van der Waals surface area contributed by atoms with Crippen molar-refractivity contribution in [2.45, 2.75) is 40.3 Å². The standard InChI is InChI=1S/C36H38ClN3O6S/c1-7-39(8-2)35(42)32-22(4)38-36-40(33(32)26-20-25(43-5)15-17-28(26)44-6)34(41)31(47-36)19-23-14-16-29(30(18-23)45-9-3)46-21-24-12-10-11-13-27(24)37/h10-20,33H,7-9,21H2,1-6H3/b31-19+/t33-/m0/s1. The van der Waals surface area contributed by atoms with Crippen LogP contribution in [0.5, 0.6) is 23.0 Å². The van der Waals surface area contributed by atoms with Crippen LogP contribution in [0.15, 0.2) is 81.7 Å². The predicted molar refractivity (Wildman–Crippen MR) is 185 cm³/mol. The van der Waals surface area contributed by atoms with E-state index in [1.54, 1.807) is 41.9 Å². The summed E-state index contributed by atoms with van der Waals surface area (Å²) in [4.78, 5) is 35.3. The van der Waals surface area contributed by atoms with Crippen LogP contribution in [0.25, 0.3) is 6.08 Å². The van der Waals surface area contributed by atoms with Crippen LogP contribution in [0.4, 0.5) is 0 Å². The minimum absolute atomic E-state index is 0.186. The third-order valence-electron chi connectivity index (χ3n) is 7.94. The second kappa shape index (κ2) is 14.9. The van der Waals surface area contributed by atoms with E-state index in [1.807, 2.05) is 76.2 Å². The Bertz CT molecular complexity index is 2000. The summed E-state index contributed by atoms with van der Waals surface area (Å²) in [5.41, 5.74) is 2.91. The van der Waals surface area contributed by atoms with Crippen LogP contribution in [0.2, 0.25) is 5.02 Å². The molecule has 1 amide bonds. The number of halogens is 1. The number of aromatic nitrogens is 1. The summed E-state index contributed by atoms with van der Waals surface area (Å²) in [6.07, 6.45) is 1.80. The molecule has 0 spiro atoms. The van der Waals surface area contributed by atoms with E-state index < -0.39 is 6.04 Å². The lowest BCUT2D eigenvalue weighted by Gasteiger charge is -2.30. The lowest BCUT2D eigenvalue weighted by atomic mass is 9.93. The quantitative estimate of drug-likeness (QED) is 0.190. The zero-order valence-electron chi connectivity index (χ0n) is 27.3. The largest absolute Gasteiger partial charge is 0.497 e. The zero-order valence-corrected chi connectivity index (χ0v) is 28.9. The van der Waals surface area contributed by atoms with Crippen LogP contribution in [-0.4, -0.2) is 49.3 Å². The molecule has 1 aliphatic rings. The Hall–Kier alpha value is -4.54. The fourth-order valence-electron chi connectivity index (χ4n) is 5.55. The number of thiazole rings is 1. The van der Waals surface area contributed by atoms with Gasteiger partial charge in [-0.2, -0.15) is 0 Å². The number of fused-ring (bicyclic) bond motifs is 1. The molecule has 0 N–H and O–H groups in total. The molecule has 1 aromatic heterocycles. The van der Waals surface area contributed by atoms with Crippen molar-refractivity contribution in [3.8, 4) is 23.0 Å². The minimum atomic E-state index is -0.786. The highest BCUT2D eigenvalue weighted by atomic mass is 35.5. The fraction of sp³-hybridized carbons (Fsp3) is 0.306. The molecule has 9 nitrogen and oxygen atoms in total. The maximum Gasteiger partial charge on any atom is 0.271 e. The minimum Gasteiger partial charge on any atom is -0.497 e. The van der Waals surface area contributed by atoms with Crippen molar-refractivity contribution in [3.63, 3.8) is 0 Å². The van der Waals surface area contributed by atoms with Crippen molar-refractivity contribution in [1.82, 2.24) is 9.47 Å².